The number of carbonyl (C=O) groups is 1. The molecule has 1 amide bonds. The van der Waals surface area contributed by atoms with Crippen molar-refractivity contribution in [3.8, 4) is 0 Å². The van der Waals surface area contributed by atoms with Gasteiger partial charge in [-0.3, -0.25) is 10.1 Å². The molecule has 1 aliphatic heterocycles. The van der Waals surface area contributed by atoms with Crippen LogP contribution in [0, 0.1) is 5.41 Å². The smallest absolute Gasteiger partial charge is 0.244 e. The number of carbonyl (C=O) groups excluding carboxylic acids is 1. The van der Waals surface area contributed by atoms with Gasteiger partial charge in [0.1, 0.15) is 0 Å². The van der Waals surface area contributed by atoms with Crippen LogP contribution in [0.3, 0.4) is 0 Å². The summed E-state index contributed by atoms with van der Waals surface area (Å²) in [4.78, 5) is 14.7. The molecular weight excluding hydrogens is 236 g/mol. The second kappa shape index (κ2) is 5.43. The molecule has 0 radical (unpaired) electrons. The number of hydrogen-bond donors (Lipinski definition) is 1. The standard InChI is InChI=1S/C16H30N2O/c1-5-7-8-9-15(3,4)12-18-13(6-2)17-16(10-11-16)14(18)19/h13,17H,5-12H2,1-4H3. The molecule has 3 heteroatoms. The highest BCUT2D eigenvalue weighted by Gasteiger charge is 2.58. The van der Waals surface area contributed by atoms with Crippen molar-refractivity contribution in [2.45, 2.75) is 84.3 Å². The molecule has 0 aromatic carbocycles. The van der Waals surface area contributed by atoms with Gasteiger partial charge in [0.15, 0.2) is 0 Å². The maximum absolute atomic E-state index is 12.5. The summed E-state index contributed by atoms with van der Waals surface area (Å²) < 4.78 is 0. The van der Waals surface area contributed by atoms with Gasteiger partial charge >= 0.3 is 0 Å². The monoisotopic (exact) mass is 266 g/mol. The lowest BCUT2D eigenvalue weighted by Gasteiger charge is -2.33. The van der Waals surface area contributed by atoms with Crippen LogP contribution >= 0.6 is 0 Å². The van der Waals surface area contributed by atoms with Crippen LogP contribution in [0.4, 0.5) is 0 Å². The lowest BCUT2D eigenvalue weighted by Crippen LogP contribution is -2.42. The molecule has 1 unspecified atom stereocenters. The van der Waals surface area contributed by atoms with E-state index in [1.54, 1.807) is 0 Å². The summed E-state index contributed by atoms with van der Waals surface area (Å²) >= 11 is 0. The molecule has 1 atom stereocenters. The van der Waals surface area contributed by atoms with Crippen molar-refractivity contribution < 1.29 is 4.79 Å². The van der Waals surface area contributed by atoms with E-state index in [0.29, 0.717) is 5.91 Å². The zero-order chi connectivity index (χ0) is 14.1. The summed E-state index contributed by atoms with van der Waals surface area (Å²) in [5.74, 6) is 0.364. The van der Waals surface area contributed by atoms with Crippen LogP contribution in [-0.2, 0) is 4.79 Å². The summed E-state index contributed by atoms with van der Waals surface area (Å²) in [5.41, 5.74) is 0.0839. The Bertz CT molecular complexity index is 334. The van der Waals surface area contributed by atoms with Gasteiger partial charge in [0.25, 0.3) is 0 Å². The number of amides is 1. The molecule has 1 heterocycles. The second-order valence-corrected chi connectivity index (χ2v) is 7.20. The van der Waals surface area contributed by atoms with Crippen molar-refractivity contribution in [2.75, 3.05) is 6.54 Å². The van der Waals surface area contributed by atoms with Crippen LogP contribution in [0.15, 0.2) is 0 Å². The normalized spacial score (nSPS) is 25.4. The fourth-order valence-corrected chi connectivity index (χ4v) is 3.26. The lowest BCUT2D eigenvalue weighted by molar-refractivity contribution is -0.132. The number of rotatable bonds is 7. The fourth-order valence-electron chi connectivity index (χ4n) is 3.26. The molecule has 1 N–H and O–H groups in total. The second-order valence-electron chi connectivity index (χ2n) is 7.20. The minimum Gasteiger partial charge on any atom is -0.325 e. The van der Waals surface area contributed by atoms with Crippen LogP contribution in [-0.4, -0.2) is 29.1 Å². The summed E-state index contributed by atoms with van der Waals surface area (Å²) in [7, 11) is 0. The highest BCUT2D eigenvalue weighted by atomic mass is 16.2. The van der Waals surface area contributed by atoms with Gasteiger partial charge in [0.05, 0.1) is 11.7 Å². The van der Waals surface area contributed by atoms with Gasteiger partial charge < -0.3 is 4.90 Å². The quantitative estimate of drug-likeness (QED) is 0.717. The van der Waals surface area contributed by atoms with Gasteiger partial charge in [0.2, 0.25) is 5.91 Å². The zero-order valence-corrected chi connectivity index (χ0v) is 13.1. The van der Waals surface area contributed by atoms with Gasteiger partial charge in [-0.1, -0.05) is 47.0 Å². The molecule has 3 nitrogen and oxygen atoms in total. The van der Waals surface area contributed by atoms with E-state index in [0.717, 1.165) is 25.8 Å². The van der Waals surface area contributed by atoms with Crippen LogP contribution in [0.5, 0.6) is 0 Å². The van der Waals surface area contributed by atoms with Crippen molar-refractivity contribution in [3.05, 3.63) is 0 Å². The predicted octanol–water partition coefficient (Wildman–Crippen LogP) is 3.29. The molecule has 0 aromatic heterocycles. The Balaban J connectivity index is 1.94. The van der Waals surface area contributed by atoms with Crippen molar-refractivity contribution in [1.29, 1.82) is 0 Å². The van der Waals surface area contributed by atoms with Gasteiger partial charge in [-0.05, 0) is 31.1 Å². The summed E-state index contributed by atoms with van der Waals surface area (Å²) in [5, 5.41) is 3.56. The van der Waals surface area contributed by atoms with Crippen LogP contribution < -0.4 is 5.32 Å². The van der Waals surface area contributed by atoms with Gasteiger partial charge in [-0.25, -0.2) is 0 Å². The van der Waals surface area contributed by atoms with Crippen molar-refractivity contribution in [2.24, 2.45) is 5.41 Å². The van der Waals surface area contributed by atoms with E-state index >= 15 is 0 Å². The van der Waals surface area contributed by atoms with Crippen LogP contribution in [0.1, 0.15) is 72.6 Å². The Labute approximate surface area is 118 Å². The first-order chi connectivity index (χ1) is 8.94. The van der Waals surface area contributed by atoms with E-state index < -0.39 is 0 Å². The first-order valence-corrected chi connectivity index (χ1v) is 8.03. The lowest BCUT2D eigenvalue weighted by atomic mass is 9.86. The molecule has 0 bridgehead atoms. The van der Waals surface area contributed by atoms with E-state index in [1.807, 2.05) is 0 Å². The number of hydrogen-bond acceptors (Lipinski definition) is 2. The molecule has 1 saturated carbocycles. The predicted molar refractivity (Wildman–Crippen MR) is 78.8 cm³/mol. The van der Waals surface area contributed by atoms with Crippen LogP contribution in [0.2, 0.25) is 0 Å². The number of nitrogens with one attached hydrogen (secondary N) is 1. The molecule has 1 spiro atoms. The largest absolute Gasteiger partial charge is 0.325 e. The average Bonchev–Trinajstić information content (AvgIpc) is 3.09. The molecule has 110 valence electrons. The summed E-state index contributed by atoms with van der Waals surface area (Å²) in [6, 6.07) is 0. The zero-order valence-electron chi connectivity index (χ0n) is 13.1. The van der Waals surface area contributed by atoms with E-state index in [9.17, 15) is 4.79 Å². The highest BCUT2D eigenvalue weighted by Crippen LogP contribution is 2.43. The molecule has 2 aliphatic rings. The van der Waals surface area contributed by atoms with Gasteiger partial charge in [0, 0.05) is 6.54 Å². The Morgan fingerprint density at radius 1 is 1.32 bits per heavy atom. The molecule has 1 saturated heterocycles. The summed E-state index contributed by atoms with van der Waals surface area (Å²) in [6.07, 6.45) is 8.41. The minimum absolute atomic E-state index is 0.153. The van der Waals surface area contributed by atoms with E-state index in [-0.39, 0.29) is 17.1 Å². The first kappa shape index (κ1) is 14.8. The topological polar surface area (TPSA) is 32.3 Å². The molecular formula is C16H30N2O. The molecule has 1 aliphatic carbocycles. The number of unbranched alkanes of at least 4 members (excludes halogenated alkanes) is 2. The molecule has 2 fully saturated rings. The summed E-state index contributed by atoms with van der Waals surface area (Å²) in [6.45, 7) is 9.93. The third-order valence-corrected chi connectivity index (χ3v) is 4.68. The molecule has 19 heavy (non-hydrogen) atoms. The van der Waals surface area contributed by atoms with E-state index in [4.69, 9.17) is 0 Å². The van der Waals surface area contributed by atoms with Crippen molar-refractivity contribution in [3.63, 3.8) is 0 Å². The Hall–Kier alpha value is -0.570. The van der Waals surface area contributed by atoms with Crippen LogP contribution in [0.25, 0.3) is 0 Å². The highest BCUT2D eigenvalue weighted by molar-refractivity contribution is 5.91. The first-order valence-electron chi connectivity index (χ1n) is 8.03. The van der Waals surface area contributed by atoms with Gasteiger partial charge in [-0.2, -0.15) is 0 Å². The Morgan fingerprint density at radius 2 is 2.00 bits per heavy atom. The fraction of sp³-hybridized carbons (Fsp3) is 0.938. The Kier molecular flexibility index (Phi) is 4.24. The molecule has 2 rings (SSSR count). The maximum atomic E-state index is 12.5. The maximum Gasteiger partial charge on any atom is 0.244 e. The van der Waals surface area contributed by atoms with Crippen molar-refractivity contribution in [1.82, 2.24) is 10.2 Å². The van der Waals surface area contributed by atoms with E-state index in [2.05, 4.69) is 37.9 Å². The minimum atomic E-state index is -0.153. The van der Waals surface area contributed by atoms with Crippen molar-refractivity contribution >= 4 is 5.91 Å². The molecule has 0 aromatic rings. The third-order valence-electron chi connectivity index (χ3n) is 4.68. The third kappa shape index (κ3) is 3.13. The average molecular weight is 266 g/mol. The van der Waals surface area contributed by atoms with Gasteiger partial charge in [-0.15, -0.1) is 0 Å². The van der Waals surface area contributed by atoms with E-state index in [1.165, 1.54) is 25.7 Å². The Morgan fingerprint density at radius 3 is 2.53 bits per heavy atom. The SMILES string of the molecule is CCCCCC(C)(C)CN1C(=O)C2(CC2)NC1CC. The number of nitrogens with zero attached hydrogens (tertiary/aromatic N) is 1.